The summed E-state index contributed by atoms with van der Waals surface area (Å²) in [5.41, 5.74) is 0.559. The first-order chi connectivity index (χ1) is 9.10. The summed E-state index contributed by atoms with van der Waals surface area (Å²) in [5, 5.41) is 9.40. The van der Waals surface area contributed by atoms with Gasteiger partial charge in [0.2, 0.25) is 0 Å². The average molecular weight is 268 g/mol. The highest BCUT2D eigenvalue weighted by Gasteiger charge is 2.24. The summed E-state index contributed by atoms with van der Waals surface area (Å²) < 4.78 is 24.9. The van der Waals surface area contributed by atoms with Crippen LogP contribution in [0.3, 0.4) is 0 Å². The number of halogens is 1. The van der Waals surface area contributed by atoms with E-state index >= 15 is 0 Å². The number of aliphatic hydroxyl groups excluding tert-OH is 1. The van der Waals surface area contributed by atoms with Gasteiger partial charge in [-0.1, -0.05) is 6.07 Å². The summed E-state index contributed by atoms with van der Waals surface area (Å²) in [7, 11) is 1.70. The predicted octanol–water partition coefficient (Wildman–Crippen LogP) is 3.22. The monoisotopic (exact) mass is 268 g/mol. The fraction of sp³-hybridized carbons (Fsp3) is 0.600. The Balaban J connectivity index is 2.02. The lowest BCUT2D eigenvalue weighted by Gasteiger charge is -2.28. The zero-order valence-corrected chi connectivity index (χ0v) is 11.4. The highest BCUT2D eigenvalue weighted by Crippen LogP contribution is 2.28. The molecule has 0 spiro atoms. The van der Waals surface area contributed by atoms with Crippen LogP contribution in [0, 0.1) is 5.82 Å². The van der Waals surface area contributed by atoms with Crippen LogP contribution in [0.25, 0.3) is 0 Å². The van der Waals surface area contributed by atoms with E-state index in [1.54, 1.807) is 26.2 Å². The average Bonchev–Trinajstić information content (AvgIpc) is 2.41. The van der Waals surface area contributed by atoms with Crippen LogP contribution in [0.1, 0.15) is 44.3 Å². The van der Waals surface area contributed by atoms with Gasteiger partial charge in [0.1, 0.15) is 6.10 Å². The Labute approximate surface area is 113 Å². The molecule has 0 saturated heterocycles. The van der Waals surface area contributed by atoms with Gasteiger partial charge in [-0.05, 0) is 43.9 Å². The van der Waals surface area contributed by atoms with Gasteiger partial charge in [0.05, 0.1) is 12.2 Å². The first-order valence-corrected chi connectivity index (χ1v) is 6.77. The molecule has 1 aliphatic carbocycles. The molecule has 1 saturated carbocycles. The number of methoxy groups -OCH3 is 1. The molecule has 1 aromatic rings. The van der Waals surface area contributed by atoms with E-state index in [1.165, 1.54) is 6.07 Å². The molecule has 0 amide bonds. The van der Waals surface area contributed by atoms with Crippen molar-refractivity contribution in [1.82, 2.24) is 0 Å². The molecule has 2 unspecified atom stereocenters. The van der Waals surface area contributed by atoms with E-state index in [0.717, 1.165) is 25.7 Å². The number of ether oxygens (including phenoxy) is 2. The maximum Gasteiger partial charge on any atom is 0.165 e. The molecule has 3 nitrogen and oxygen atoms in total. The zero-order valence-electron chi connectivity index (χ0n) is 11.4. The van der Waals surface area contributed by atoms with Crippen LogP contribution in [-0.2, 0) is 4.74 Å². The van der Waals surface area contributed by atoms with Gasteiger partial charge in [-0.2, -0.15) is 0 Å². The van der Waals surface area contributed by atoms with Crippen molar-refractivity contribution in [2.75, 3.05) is 7.11 Å². The Kier molecular flexibility index (Phi) is 4.77. The summed E-state index contributed by atoms with van der Waals surface area (Å²) in [5.74, 6) is -0.163. The van der Waals surface area contributed by atoms with Gasteiger partial charge in [0, 0.05) is 13.5 Å². The second-order valence-corrected chi connectivity index (χ2v) is 5.13. The van der Waals surface area contributed by atoms with Gasteiger partial charge in [0.25, 0.3) is 0 Å². The highest BCUT2D eigenvalue weighted by molar-refractivity contribution is 5.30. The Morgan fingerprint density at radius 1 is 1.32 bits per heavy atom. The van der Waals surface area contributed by atoms with Gasteiger partial charge in [-0.25, -0.2) is 4.39 Å². The maximum atomic E-state index is 13.9. The van der Waals surface area contributed by atoms with E-state index in [1.807, 2.05) is 0 Å². The van der Waals surface area contributed by atoms with E-state index in [4.69, 9.17) is 9.47 Å². The fourth-order valence-electron chi connectivity index (χ4n) is 2.48. The van der Waals surface area contributed by atoms with Gasteiger partial charge in [-0.15, -0.1) is 0 Å². The number of rotatable bonds is 4. The summed E-state index contributed by atoms with van der Waals surface area (Å²) in [6.07, 6.45) is 3.35. The highest BCUT2D eigenvalue weighted by atomic mass is 19.1. The molecule has 3 atom stereocenters. The lowest BCUT2D eigenvalue weighted by atomic mass is 9.95. The quantitative estimate of drug-likeness (QED) is 0.911. The Hall–Kier alpha value is -1.13. The molecule has 19 heavy (non-hydrogen) atoms. The first kappa shape index (κ1) is 14.3. The molecular formula is C15H21FO3. The van der Waals surface area contributed by atoms with Crippen LogP contribution in [-0.4, -0.2) is 24.4 Å². The maximum absolute atomic E-state index is 13.9. The molecule has 1 aromatic carbocycles. The fourth-order valence-corrected chi connectivity index (χ4v) is 2.48. The summed E-state index contributed by atoms with van der Waals surface area (Å²) in [4.78, 5) is 0. The number of aliphatic hydroxyl groups is 1. The van der Waals surface area contributed by atoms with Crippen LogP contribution >= 0.6 is 0 Å². The second kappa shape index (κ2) is 6.35. The molecular weight excluding hydrogens is 247 g/mol. The lowest BCUT2D eigenvalue weighted by Crippen LogP contribution is -2.29. The van der Waals surface area contributed by atoms with Crippen molar-refractivity contribution < 1.29 is 19.0 Å². The third-order valence-electron chi connectivity index (χ3n) is 3.64. The number of hydrogen-bond acceptors (Lipinski definition) is 3. The molecule has 0 heterocycles. The molecule has 0 radical (unpaired) electrons. The second-order valence-electron chi connectivity index (χ2n) is 5.13. The van der Waals surface area contributed by atoms with Crippen LogP contribution in [0.5, 0.6) is 5.75 Å². The minimum atomic E-state index is -0.670. The third-order valence-corrected chi connectivity index (χ3v) is 3.64. The molecule has 0 aliphatic heterocycles. The van der Waals surface area contributed by atoms with E-state index in [9.17, 15) is 9.50 Å². The Morgan fingerprint density at radius 3 is 2.68 bits per heavy atom. The van der Waals surface area contributed by atoms with Gasteiger partial charge in [-0.3, -0.25) is 0 Å². The predicted molar refractivity (Wildman–Crippen MR) is 70.7 cm³/mol. The number of benzene rings is 1. The van der Waals surface area contributed by atoms with Crippen molar-refractivity contribution >= 4 is 0 Å². The Bertz CT molecular complexity index is 420. The van der Waals surface area contributed by atoms with Crippen molar-refractivity contribution in [3.8, 4) is 5.75 Å². The van der Waals surface area contributed by atoms with E-state index in [-0.39, 0.29) is 18.0 Å². The van der Waals surface area contributed by atoms with E-state index in [0.29, 0.717) is 5.56 Å². The summed E-state index contributed by atoms with van der Waals surface area (Å²) in [6, 6.07) is 4.62. The minimum absolute atomic E-state index is 0.00519. The summed E-state index contributed by atoms with van der Waals surface area (Å²) in [6.45, 7) is 1.61. The van der Waals surface area contributed by atoms with Crippen molar-refractivity contribution in [2.45, 2.75) is 50.9 Å². The SMILES string of the molecule is COC1CCCC(Oc2ccc([C@@H](C)O)cc2F)C1. The molecule has 106 valence electrons. The Morgan fingerprint density at radius 2 is 2.05 bits per heavy atom. The van der Waals surface area contributed by atoms with Crippen LogP contribution in [0.4, 0.5) is 4.39 Å². The standard InChI is InChI=1S/C15H21FO3/c1-10(17)11-6-7-15(14(16)8-11)19-13-5-3-4-12(9-13)18-2/h6-8,10,12-13,17H,3-5,9H2,1-2H3/t10-,12?,13?/m1/s1. The zero-order chi connectivity index (χ0) is 13.8. The van der Waals surface area contributed by atoms with Crippen molar-refractivity contribution in [3.63, 3.8) is 0 Å². The lowest BCUT2D eigenvalue weighted by molar-refractivity contribution is 0.0197. The van der Waals surface area contributed by atoms with Crippen molar-refractivity contribution in [1.29, 1.82) is 0 Å². The molecule has 2 rings (SSSR count). The largest absolute Gasteiger partial charge is 0.487 e. The van der Waals surface area contributed by atoms with Gasteiger partial charge < -0.3 is 14.6 Å². The molecule has 1 aliphatic rings. The van der Waals surface area contributed by atoms with Crippen LogP contribution < -0.4 is 4.74 Å². The smallest absolute Gasteiger partial charge is 0.165 e. The minimum Gasteiger partial charge on any atom is -0.487 e. The van der Waals surface area contributed by atoms with Crippen LogP contribution in [0.15, 0.2) is 18.2 Å². The van der Waals surface area contributed by atoms with Crippen molar-refractivity contribution in [3.05, 3.63) is 29.6 Å². The molecule has 0 bridgehead atoms. The topological polar surface area (TPSA) is 38.7 Å². The van der Waals surface area contributed by atoms with Crippen LogP contribution in [0.2, 0.25) is 0 Å². The van der Waals surface area contributed by atoms with Crippen molar-refractivity contribution in [2.24, 2.45) is 0 Å². The molecule has 4 heteroatoms. The van der Waals surface area contributed by atoms with E-state index in [2.05, 4.69) is 0 Å². The molecule has 1 fully saturated rings. The van der Waals surface area contributed by atoms with Gasteiger partial charge in [0.15, 0.2) is 11.6 Å². The summed E-state index contributed by atoms with van der Waals surface area (Å²) >= 11 is 0. The first-order valence-electron chi connectivity index (χ1n) is 6.77. The van der Waals surface area contributed by atoms with E-state index < -0.39 is 11.9 Å². The molecule has 1 N–H and O–H groups in total. The molecule has 0 aromatic heterocycles. The normalized spacial score (nSPS) is 25.1. The van der Waals surface area contributed by atoms with Gasteiger partial charge >= 0.3 is 0 Å². The third kappa shape index (κ3) is 3.67. The number of hydrogen-bond donors (Lipinski definition) is 1.